The Labute approximate surface area is 108 Å². The van der Waals surface area contributed by atoms with Gasteiger partial charge in [-0.1, -0.05) is 6.92 Å². The molecule has 1 aliphatic carbocycles. The van der Waals surface area contributed by atoms with Crippen molar-refractivity contribution in [3.8, 4) is 5.75 Å². The smallest absolute Gasteiger partial charge is 0.251 e. The zero-order valence-electron chi connectivity index (χ0n) is 11.0. The highest BCUT2D eigenvalue weighted by molar-refractivity contribution is 5.96. The summed E-state index contributed by atoms with van der Waals surface area (Å²) in [6.07, 6.45) is 4.31. The first-order valence-corrected chi connectivity index (χ1v) is 6.36. The number of nitrogen functional groups attached to an aromatic ring is 1. The third-order valence-corrected chi connectivity index (χ3v) is 3.86. The van der Waals surface area contributed by atoms with Crippen LogP contribution in [0.1, 0.15) is 43.0 Å². The van der Waals surface area contributed by atoms with Gasteiger partial charge in [0.25, 0.3) is 5.91 Å². The molecule has 1 aromatic carbocycles. The van der Waals surface area contributed by atoms with Gasteiger partial charge >= 0.3 is 0 Å². The minimum Gasteiger partial charge on any atom is -0.495 e. The third kappa shape index (κ3) is 2.28. The highest BCUT2D eigenvalue weighted by Crippen LogP contribution is 2.35. The average molecular weight is 248 g/mol. The standard InChI is InChI=1S/C14H20N2O2/c1-3-14(7-4-8-14)16-13(17)10-5-6-12(18-2)11(15)9-10/h5-6,9H,3-4,7-8,15H2,1-2H3,(H,16,17). The Morgan fingerprint density at radius 3 is 2.67 bits per heavy atom. The Bertz CT molecular complexity index is 448. The number of nitrogens with two attached hydrogens (primary N) is 1. The fourth-order valence-corrected chi connectivity index (χ4v) is 2.36. The van der Waals surface area contributed by atoms with Gasteiger partial charge in [0.1, 0.15) is 5.75 Å². The predicted octanol–water partition coefficient (Wildman–Crippen LogP) is 2.34. The number of rotatable bonds is 4. The summed E-state index contributed by atoms with van der Waals surface area (Å²) in [5, 5.41) is 3.13. The Balaban J connectivity index is 2.11. The second kappa shape index (κ2) is 4.88. The summed E-state index contributed by atoms with van der Waals surface area (Å²) in [4.78, 5) is 12.2. The maximum absolute atomic E-state index is 12.2. The van der Waals surface area contributed by atoms with Gasteiger partial charge in [0.15, 0.2) is 0 Å². The van der Waals surface area contributed by atoms with E-state index < -0.39 is 0 Å². The van der Waals surface area contributed by atoms with Crippen LogP contribution >= 0.6 is 0 Å². The van der Waals surface area contributed by atoms with Crippen LogP contribution in [0.3, 0.4) is 0 Å². The molecule has 3 N–H and O–H groups in total. The van der Waals surface area contributed by atoms with Gasteiger partial charge in [0.2, 0.25) is 0 Å². The molecule has 4 nitrogen and oxygen atoms in total. The number of anilines is 1. The first-order valence-electron chi connectivity index (χ1n) is 6.36. The monoisotopic (exact) mass is 248 g/mol. The Morgan fingerprint density at radius 2 is 2.22 bits per heavy atom. The highest BCUT2D eigenvalue weighted by atomic mass is 16.5. The van der Waals surface area contributed by atoms with Gasteiger partial charge in [-0.25, -0.2) is 0 Å². The van der Waals surface area contributed by atoms with Crippen LogP contribution in [0.5, 0.6) is 5.75 Å². The quantitative estimate of drug-likeness (QED) is 0.804. The van der Waals surface area contributed by atoms with Crippen molar-refractivity contribution < 1.29 is 9.53 Å². The van der Waals surface area contributed by atoms with E-state index in [1.54, 1.807) is 25.3 Å². The molecule has 0 radical (unpaired) electrons. The minimum atomic E-state index is -0.0501. The minimum absolute atomic E-state index is 0.00573. The molecular formula is C14H20N2O2. The van der Waals surface area contributed by atoms with Gasteiger partial charge in [0.05, 0.1) is 12.8 Å². The average Bonchev–Trinajstić information content (AvgIpc) is 2.33. The van der Waals surface area contributed by atoms with Crippen LogP contribution < -0.4 is 15.8 Å². The van der Waals surface area contributed by atoms with Crippen LogP contribution in [0.2, 0.25) is 0 Å². The predicted molar refractivity (Wildman–Crippen MR) is 71.7 cm³/mol. The number of nitrogens with one attached hydrogen (secondary N) is 1. The maximum atomic E-state index is 12.2. The van der Waals surface area contributed by atoms with Crippen LogP contribution in [-0.2, 0) is 0 Å². The summed E-state index contributed by atoms with van der Waals surface area (Å²) in [5.41, 5.74) is 6.89. The van der Waals surface area contributed by atoms with Gasteiger partial charge in [-0.2, -0.15) is 0 Å². The molecule has 1 aromatic rings. The molecule has 1 fully saturated rings. The normalized spacial score (nSPS) is 16.8. The van der Waals surface area contributed by atoms with E-state index in [-0.39, 0.29) is 11.4 Å². The molecule has 0 bridgehead atoms. The zero-order chi connectivity index (χ0) is 13.2. The van der Waals surface area contributed by atoms with Crippen molar-refractivity contribution in [2.45, 2.75) is 38.1 Å². The van der Waals surface area contributed by atoms with Crippen LogP contribution in [0, 0.1) is 0 Å². The Kier molecular flexibility index (Phi) is 3.45. The van der Waals surface area contributed by atoms with Crippen LogP contribution in [0.15, 0.2) is 18.2 Å². The van der Waals surface area contributed by atoms with Crippen molar-refractivity contribution in [1.82, 2.24) is 5.32 Å². The topological polar surface area (TPSA) is 64.3 Å². The van der Waals surface area contributed by atoms with Gasteiger partial charge in [-0.3, -0.25) is 4.79 Å². The number of carbonyl (C=O) groups excluding carboxylic acids is 1. The van der Waals surface area contributed by atoms with Gasteiger partial charge in [-0.15, -0.1) is 0 Å². The number of methoxy groups -OCH3 is 1. The molecule has 0 aromatic heterocycles. The largest absolute Gasteiger partial charge is 0.495 e. The lowest BCUT2D eigenvalue weighted by molar-refractivity contribution is 0.0820. The summed E-state index contributed by atoms with van der Waals surface area (Å²) < 4.78 is 5.08. The molecule has 0 heterocycles. The molecule has 98 valence electrons. The van der Waals surface area contributed by atoms with Crippen molar-refractivity contribution in [1.29, 1.82) is 0 Å². The molecular weight excluding hydrogens is 228 g/mol. The van der Waals surface area contributed by atoms with Crippen molar-refractivity contribution in [2.75, 3.05) is 12.8 Å². The molecule has 0 saturated heterocycles. The fraction of sp³-hybridized carbons (Fsp3) is 0.500. The Hall–Kier alpha value is -1.71. The van der Waals surface area contributed by atoms with Crippen molar-refractivity contribution in [3.05, 3.63) is 23.8 Å². The van der Waals surface area contributed by atoms with Crippen LogP contribution in [-0.4, -0.2) is 18.6 Å². The lowest BCUT2D eigenvalue weighted by atomic mass is 9.74. The van der Waals surface area contributed by atoms with E-state index in [4.69, 9.17) is 10.5 Å². The van der Waals surface area contributed by atoms with E-state index in [1.165, 1.54) is 6.42 Å². The van der Waals surface area contributed by atoms with E-state index in [2.05, 4.69) is 12.2 Å². The van der Waals surface area contributed by atoms with E-state index in [1.807, 2.05) is 0 Å². The number of hydrogen-bond donors (Lipinski definition) is 2. The molecule has 4 heteroatoms. The SMILES string of the molecule is CCC1(NC(=O)c2ccc(OC)c(N)c2)CCC1. The summed E-state index contributed by atoms with van der Waals surface area (Å²) in [7, 11) is 1.56. The number of carbonyl (C=O) groups is 1. The first kappa shape index (κ1) is 12.7. The molecule has 0 atom stereocenters. The Morgan fingerprint density at radius 1 is 1.50 bits per heavy atom. The molecule has 1 aliphatic rings. The highest BCUT2D eigenvalue weighted by Gasteiger charge is 2.36. The van der Waals surface area contributed by atoms with E-state index >= 15 is 0 Å². The van der Waals surface area contributed by atoms with E-state index in [9.17, 15) is 4.79 Å². The zero-order valence-corrected chi connectivity index (χ0v) is 11.0. The molecule has 2 rings (SSSR count). The van der Waals surface area contributed by atoms with Gasteiger partial charge in [-0.05, 0) is 43.9 Å². The van der Waals surface area contributed by atoms with Crippen molar-refractivity contribution >= 4 is 11.6 Å². The summed E-state index contributed by atoms with van der Waals surface area (Å²) >= 11 is 0. The lowest BCUT2D eigenvalue weighted by Crippen LogP contribution is -2.52. The molecule has 0 aliphatic heterocycles. The summed E-state index contributed by atoms with van der Waals surface area (Å²) in [5.74, 6) is 0.548. The van der Waals surface area contributed by atoms with Crippen LogP contribution in [0.25, 0.3) is 0 Å². The second-order valence-electron chi connectivity index (χ2n) is 4.90. The molecule has 0 spiro atoms. The number of hydrogen-bond acceptors (Lipinski definition) is 3. The second-order valence-corrected chi connectivity index (χ2v) is 4.90. The van der Waals surface area contributed by atoms with Crippen molar-refractivity contribution in [2.24, 2.45) is 0 Å². The number of ether oxygens (including phenoxy) is 1. The lowest BCUT2D eigenvalue weighted by Gasteiger charge is -2.42. The van der Waals surface area contributed by atoms with Gasteiger partial charge in [0, 0.05) is 11.1 Å². The molecule has 1 saturated carbocycles. The third-order valence-electron chi connectivity index (χ3n) is 3.86. The molecule has 1 amide bonds. The first-order chi connectivity index (χ1) is 8.60. The number of amides is 1. The van der Waals surface area contributed by atoms with E-state index in [0.29, 0.717) is 17.0 Å². The maximum Gasteiger partial charge on any atom is 0.251 e. The fourth-order valence-electron chi connectivity index (χ4n) is 2.36. The van der Waals surface area contributed by atoms with Crippen molar-refractivity contribution in [3.63, 3.8) is 0 Å². The molecule has 18 heavy (non-hydrogen) atoms. The number of benzene rings is 1. The summed E-state index contributed by atoms with van der Waals surface area (Å²) in [6, 6.07) is 5.13. The van der Waals surface area contributed by atoms with Crippen LogP contribution in [0.4, 0.5) is 5.69 Å². The molecule has 0 unspecified atom stereocenters. The summed E-state index contributed by atoms with van der Waals surface area (Å²) in [6.45, 7) is 2.11. The van der Waals surface area contributed by atoms with E-state index in [0.717, 1.165) is 19.3 Å². The van der Waals surface area contributed by atoms with Gasteiger partial charge < -0.3 is 15.8 Å².